The zero-order chi connectivity index (χ0) is 24.0. The number of hydrogen-bond acceptors (Lipinski definition) is 6. The minimum absolute atomic E-state index is 0.0589. The quantitative estimate of drug-likeness (QED) is 0.370. The lowest BCUT2D eigenvalue weighted by atomic mass is 10.1. The second-order valence-corrected chi connectivity index (χ2v) is 8.25. The van der Waals surface area contributed by atoms with E-state index in [9.17, 15) is 9.59 Å². The molecule has 3 rings (SSSR count). The number of anilines is 1. The van der Waals surface area contributed by atoms with Crippen molar-refractivity contribution in [3.05, 3.63) is 72.9 Å². The van der Waals surface area contributed by atoms with Crippen molar-refractivity contribution in [2.75, 3.05) is 44.2 Å². The molecule has 0 bridgehead atoms. The zero-order valence-corrected chi connectivity index (χ0v) is 19.7. The van der Waals surface area contributed by atoms with Crippen LogP contribution in [-0.2, 0) is 16.1 Å². The summed E-state index contributed by atoms with van der Waals surface area (Å²) in [5, 5.41) is 6.08. The van der Waals surface area contributed by atoms with Gasteiger partial charge < -0.3 is 25.2 Å². The second kappa shape index (κ2) is 14.0. The Bertz CT molecular complexity index is 886. The number of alkyl carbamates (subject to hydrolysis) is 1. The molecule has 2 aromatic rings. The van der Waals surface area contributed by atoms with Crippen LogP contribution in [-0.4, -0.2) is 67.2 Å². The molecule has 1 saturated heterocycles. The van der Waals surface area contributed by atoms with E-state index >= 15 is 0 Å². The van der Waals surface area contributed by atoms with Gasteiger partial charge in [0.1, 0.15) is 18.5 Å². The predicted octanol–water partition coefficient (Wildman–Crippen LogP) is 2.97. The molecule has 34 heavy (non-hydrogen) atoms. The fourth-order valence-electron chi connectivity index (χ4n) is 3.88. The molecule has 0 saturated carbocycles. The molecule has 1 aliphatic rings. The third-order valence-corrected chi connectivity index (χ3v) is 5.75. The summed E-state index contributed by atoms with van der Waals surface area (Å²) in [6.07, 6.45) is 5.31. The van der Waals surface area contributed by atoms with Crippen LogP contribution >= 0.6 is 0 Å². The highest BCUT2D eigenvalue weighted by molar-refractivity contribution is 5.85. The highest BCUT2D eigenvalue weighted by Crippen LogP contribution is 2.14. The summed E-state index contributed by atoms with van der Waals surface area (Å²) in [5.74, 6) is 0.858. The average Bonchev–Trinajstić information content (AvgIpc) is 2.89. The minimum atomic E-state index is -0.607. The zero-order valence-electron chi connectivity index (χ0n) is 19.7. The van der Waals surface area contributed by atoms with Crippen LogP contribution < -0.4 is 15.5 Å². The lowest BCUT2D eigenvalue weighted by Crippen LogP contribution is -2.55. The first-order chi connectivity index (χ1) is 16.7. The molecule has 2 heterocycles. The van der Waals surface area contributed by atoms with E-state index < -0.39 is 12.1 Å². The molecule has 0 spiro atoms. The lowest BCUT2D eigenvalue weighted by Gasteiger charge is -2.37. The molecule has 1 atom stereocenters. The van der Waals surface area contributed by atoms with Gasteiger partial charge in [-0.25, -0.2) is 9.78 Å². The highest BCUT2D eigenvalue weighted by atomic mass is 16.5. The second-order valence-electron chi connectivity index (χ2n) is 8.25. The van der Waals surface area contributed by atoms with Crippen LogP contribution in [0.3, 0.4) is 0 Å². The molecule has 1 aromatic carbocycles. The molecule has 8 nitrogen and oxygen atoms in total. The molecule has 2 amide bonds. The predicted molar refractivity (Wildman–Crippen MR) is 133 cm³/mol. The smallest absolute Gasteiger partial charge is 0.408 e. The van der Waals surface area contributed by atoms with Gasteiger partial charge in [-0.15, -0.1) is 6.58 Å². The Kier molecular flexibility index (Phi) is 10.4. The summed E-state index contributed by atoms with van der Waals surface area (Å²) in [6.45, 7) is 8.06. The van der Waals surface area contributed by atoms with Crippen molar-refractivity contribution in [2.45, 2.75) is 31.9 Å². The lowest BCUT2D eigenvalue weighted by molar-refractivity contribution is -0.133. The molecular formula is C26H35N5O3. The first-order valence-corrected chi connectivity index (χ1v) is 11.9. The number of benzene rings is 1. The van der Waals surface area contributed by atoms with E-state index in [4.69, 9.17) is 4.74 Å². The maximum atomic E-state index is 13.3. The van der Waals surface area contributed by atoms with Gasteiger partial charge in [-0.1, -0.05) is 42.5 Å². The van der Waals surface area contributed by atoms with Crippen LogP contribution in [0, 0.1) is 0 Å². The van der Waals surface area contributed by atoms with Gasteiger partial charge in [-0.2, -0.15) is 0 Å². The Balaban J connectivity index is 1.52. The first kappa shape index (κ1) is 25.2. The number of ether oxygens (including phenoxy) is 1. The van der Waals surface area contributed by atoms with Crippen molar-refractivity contribution in [1.82, 2.24) is 20.5 Å². The maximum absolute atomic E-state index is 13.3. The molecule has 1 aromatic heterocycles. The van der Waals surface area contributed by atoms with Crippen LogP contribution in [0.4, 0.5) is 10.6 Å². The topological polar surface area (TPSA) is 86.8 Å². The van der Waals surface area contributed by atoms with Crippen LogP contribution in [0.1, 0.15) is 24.8 Å². The third kappa shape index (κ3) is 8.19. The number of hydrogen-bond donors (Lipinski definition) is 2. The molecule has 182 valence electrons. The van der Waals surface area contributed by atoms with E-state index in [0.29, 0.717) is 32.6 Å². The Morgan fingerprint density at radius 1 is 1.06 bits per heavy atom. The van der Waals surface area contributed by atoms with Gasteiger partial charge in [-0.05, 0) is 43.5 Å². The van der Waals surface area contributed by atoms with Crippen LogP contribution in [0.25, 0.3) is 0 Å². The Morgan fingerprint density at radius 3 is 2.53 bits per heavy atom. The van der Waals surface area contributed by atoms with Crippen molar-refractivity contribution in [3.63, 3.8) is 0 Å². The molecule has 0 unspecified atom stereocenters. The van der Waals surface area contributed by atoms with Crippen molar-refractivity contribution >= 4 is 17.8 Å². The van der Waals surface area contributed by atoms with E-state index in [1.54, 1.807) is 6.20 Å². The number of amides is 2. The summed E-state index contributed by atoms with van der Waals surface area (Å²) < 4.78 is 5.37. The highest BCUT2D eigenvalue weighted by Gasteiger charge is 2.29. The Labute approximate surface area is 202 Å². The van der Waals surface area contributed by atoms with E-state index in [1.165, 1.54) is 0 Å². The summed E-state index contributed by atoms with van der Waals surface area (Å²) >= 11 is 0. The van der Waals surface area contributed by atoms with Crippen LogP contribution in [0.2, 0.25) is 0 Å². The maximum Gasteiger partial charge on any atom is 0.408 e. The third-order valence-electron chi connectivity index (χ3n) is 5.75. The molecule has 1 aliphatic heterocycles. The number of aromatic nitrogens is 1. The Hall–Kier alpha value is -3.39. The Morgan fingerprint density at radius 2 is 1.82 bits per heavy atom. The van der Waals surface area contributed by atoms with Gasteiger partial charge in [0.05, 0.1) is 0 Å². The molecule has 0 radical (unpaired) electrons. The van der Waals surface area contributed by atoms with E-state index in [0.717, 1.165) is 37.3 Å². The van der Waals surface area contributed by atoms with Crippen molar-refractivity contribution < 1.29 is 14.3 Å². The standard InChI is InChI=1S/C26H35N5O3/c1-2-14-27-15-8-6-12-23(29-26(33)34-21-22-10-4-3-5-11-22)25(32)31-19-17-30(18-20-31)24-13-7-9-16-28-24/h2-5,7,9-11,13,16,23,27H,1,6,8,12,14-15,17-21H2,(H,29,33)/t23-/m0/s1. The average molecular weight is 466 g/mol. The molecular weight excluding hydrogens is 430 g/mol. The fourth-order valence-corrected chi connectivity index (χ4v) is 3.88. The first-order valence-electron chi connectivity index (χ1n) is 11.9. The molecule has 8 heteroatoms. The minimum Gasteiger partial charge on any atom is -0.445 e. The number of carbonyl (C=O) groups is 2. The van der Waals surface area contributed by atoms with Gasteiger partial charge in [0, 0.05) is 38.9 Å². The van der Waals surface area contributed by atoms with Crippen molar-refractivity contribution in [2.24, 2.45) is 0 Å². The van der Waals surface area contributed by atoms with Gasteiger partial charge in [0.25, 0.3) is 0 Å². The number of rotatable bonds is 12. The van der Waals surface area contributed by atoms with Crippen LogP contribution in [0.5, 0.6) is 0 Å². The largest absolute Gasteiger partial charge is 0.445 e. The molecule has 0 aliphatic carbocycles. The van der Waals surface area contributed by atoms with Gasteiger partial charge >= 0.3 is 6.09 Å². The monoisotopic (exact) mass is 465 g/mol. The summed E-state index contributed by atoms with van der Waals surface area (Å²) in [5.41, 5.74) is 0.902. The number of unbranched alkanes of at least 4 members (excludes halogenated alkanes) is 1. The van der Waals surface area contributed by atoms with E-state index in [1.807, 2.05) is 59.5 Å². The van der Waals surface area contributed by atoms with Gasteiger partial charge in [0.2, 0.25) is 5.91 Å². The summed E-state index contributed by atoms with van der Waals surface area (Å²) in [4.78, 5) is 34.2. The number of pyridine rings is 1. The van der Waals surface area contributed by atoms with Crippen molar-refractivity contribution in [1.29, 1.82) is 0 Å². The number of nitrogens with zero attached hydrogens (tertiary/aromatic N) is 3. The van der Waals surface area contributed by atoms with Crippen molar-refractivity contribution in [3.8, 4) is 0 Å². The van der Waals surface area contributed by atoms with Crippen LogP contribution in [0.15, 0.2) is 67.4 Å². The van der Waals surface area contributed by atoms with Gasteiger partial charge in [0.15, 0.2) is 0 Å². The van der Waals surface area contributed by atoms with E-state index in [-0.39, 0.29) is 12.5 Å². The number of carbonyl (C=O) groups excluding carboxylic acids is 2. The summed E-state index contributed by atoms with van der Waals surface area (Å²) in [7, 11) is 0. The molecule has 2 N–H and O–H groups in total. The number of piperazine rings is 1. The fraction of sp³-hybridized carbons (Fsp3) is 0.423. The normalized spacial score (nSPS) is 14.4. The van der Waals surface area contributed by atoms with Gasteiger partial charge in [-0.3, -0.25) is 4.79 Å². The molecule has 1 fully saturated rings. The summed E-state index contributed by atoms with van der Waals surface area (Å²) in [6, 6.07) is 14.7. The van der Waals surface area contributed by atoms with E-state index in [2.05, 4.69) is 27.1 Å². The SMILES string of the molecule is C=CCNCCCC[C@H](NC(=O)OCc1ccccc1)C(=O)N1CCN(c2ccccn2)CC1. The number of nitrogens with one attached hydrogen (secondary N) is 2.